The summed E-state index contributed by atoms with van der Waals surface area (Å²) in [6.07, 6.45) is 1.99. The van der Waals surface area contributed by atoms with Crippen molar-refractivity contribution in [3.05, 3.63) is 23.2 Å². The zero-order valence-corrected chi connectivity index (χ0v) is 13.1. The van der Waals surface area contributed by atoms with Gasteiger partial charge in [-0.2, -0.15) is 0 Å². The summed E-state index contributed by atoms with van der Waals surface area (Å²) < 4.78 is 5.21. The van der Waals surface area contributed by atoms with Gasteiger partial charge < -0.3 is 20.1 Å². The van der Waals surface area contributed by atoms with Gasteiger partial charge in [0.15, 0.2) is 0 Å². The SMILES string of the molecule is COc1ccc(Cl)cc1NCCC(=O)N(CC(=O)O)C1CC1. The van der Waals surface area contributed by atoms with Gasteiger partial charge in [0.1, 0.15) is 12.3 Å². The Morgan fingerprint density at radius 3 is 2.77 bits per heavy atom. The molecule has 1 aliphatic rings. The highest BCUT2D eigenvalue weighted by atomic mass is 35.5. The Morgan fingerprint density at radius 1 is 1.45 bits per heavy atom. The molecule has 0 bridgehead atoms. The second-order valence-electron chi connectivity index (χ2n) is 5.17. The monoisotopic (exact) mass is 326 g/mol. The first-order valence-corrected chi connectivity index (χ1v) is 7.47. The summed E-state index contributed by atoms with van der Waals surface area (Å²) in [5.74, 6) is -0.496. The number of carbonyl (C=O) groups excluding carboxylic acids is 1. The number of carboxylic acids is 1. The minimum atomic E-state index is -0.982. The van der Waals surface area contributed by atoms with E-state index in [2.05, 4.69) is 5.32 Å². The molecule has 7 heteroatoms. The van der Waals surface area contributed by atoms with E-state index in [4.69, 9.17) is 21.4 Å². The number of aliphatic carboxylic acids is 1. The van der Waals surface area contributed by atoms with Gasteiger partial charge in [0, 0.05) is 24.0 Å². The van der Waals surface area contributed by atoms with Gasteiger partial charge in [-0.25, -0.2) is 0 Å². The minimum Gasteiger partial charge on any atom is -0.495 e. The van der Waals surface area contributed by atoms with Gasteiger partial charge in [-0.05, 0) is 31.0 Å². The van der Waals surface area contributed by atoms with Crippen molar-refractivity contribution in [1.82, 2.24) is 4.90 Å². The molecule has 1 fully saturated rings. The van der Waals surface area contributed by atoms with Crippen molar-refractivity contribution in [3.8, 4) is 5.75 Å². The van der Waals surface area contributed by atoms with Crippen LogP contribution in [0.4, 0.5) is 5.69 Å². The predicted molar refractivity (Wildman–Crippen MR) is 83.5 cm³/mol. The molecule has 1 amide bonds. The van der Waals surface area contributed by atoms with E-state index < -0.39 is 5.97 Å². The van der Waals surface area contributed by atoms with Gasteiger partial charge in [-0.3, -0.25) is 9.59 Å². The molecule has 0 unspecified atom stereocenters. The number of nitrogens with one attached hydrogen (secondary N) is 1. The Balaban J connectivity index is 1.88. The first kappa shape index (κ1) is 16.4. The number of carboxylic acid groups (broad SMARTS) is 1. The smallest absolute Gasteiger partial charge is 0.323 e. The third kappa shape index (κ3) is 4.53. The van der Waals surface area contributed by atoms with E-state index in [1.54, 1.807) is 25.3 Å². The molecule has 22 heavy (non-hydrogen) atoms. The van der Waals surface area contributed by atoms with Crippen LogP contribution in [0.1, 0.15) is 19.3 Å². The molecule has 1 saturated carbocycles. The lowest BCUT2D eigenvalue weighted by molar-refractivity contribution is -0.144. The Morgan fingerprint density at radius 2 is 2.18 bits per heavy atom. The van der Waals surface area contributed by atoms with Crippen molar-refractivity contribution in [2.24, 2.45) is 0 Å². The van der Waals surface area contributed by atoms with E-state index >= 15 is 0 Å². The van der Waals surface area contributed by atoms with Crippen molar-refractivity contribution in [3.63, 3.8) is 0 Å². The van der Waals surface area contributed by atoms with Crippen LogP contribution in [-0.2, 0) is 9.59 Å². The van der Waals surface area contributed by atoms with Crippen LogP contribution in [0.15, 0.2) is 18.2 Å². The third-order valence-electron chi connectivity index (χ3n) is 3.43. The van der Waals surface area contributed by atoms with Gasteiger partial charge in [-0.15, -0.1) is 0 Å². The molecular weight excluding hydrogens is 308 g/mol. The minimum absolute atomic E-state index is 0.0873. The molecule has 0 heterocycles. The van der Waals surface area contributed by atoms with Crippen LogP contribution < -0.4 is 10.1 Å². The lowest BCUT2D eigenvalue weighted by Gasteiger charge is -2.20. The summed E-state index contributed by atoms with van der Waals surface area (Å²) in [5, 5.41) is 12.5. The number of hydrogen-bond acceptors (Lipinski definition) is 4. The quantitative estimate of drug-likeness (QED) is 0.766. The first-order valence-electron chi connectivity index (χ1n) is 7.10. The van der Waals surface area contributed by atoms with Crippen LogP contribution in [0.2, 0.25) is 5.02 Å². The van der Waals surface area contributed by atoms with Gasteiger partial charge in [0.2, 0.25) is 5.91 Å². The third-order valence-corrected chi connectivity index (χ3v) is 3.66. The molecule has 0 spiro atoms. The molecule has 2 rings (SSSR count). The number of nitrogens with zero attached hydrogens (tertiary/aromatic N) is 1. The molecule has 2 N–H and O–H groups in total. The molecule has 0 atom stereocenters. The Hall–Kier alpha value is -1.95. The van der Waals surface area contributed by atoms with Gasteiger partial charge in [-0.1, -0.05) is 11.6 Å². The summed E-state index contributed by atoms with van der Waals surface area (Å²) in [7, 11) is 1.56. The zero-order valence-electron chi connectivity index (χ0n) is 12.3. The molecule has 120 valence electrons. The summed E-state index contributed by atoms with van der Waals surface area (Å²) in [6, 6.07) is 5.27. The number of halogens is 1. The molecule has 0 aromatic heterocycles. The highest BCUT2D eigenvalue weighted by Crippen LogP contribution is 2.28. The standard InChI is InChI=1S/C15H19ClN2O4/c1-22-13-5-2-10(16)8-12(13)17-7-6-14(19)18(9-15(20)21)11-3-4-11/h2,5,8,11,17H,3-4,6-7,9H2,1H3,(H,20,21). The first-order chi connectivity index (χ1) is 10.5. The van der Waals surface area contributed by atoms with Crippen LogP contribution in [0.25, 0.3) is 0 Å². The fraction of sp³-hybridized carbons (Fsp3) is 0.467. The second kappa shape index (κ2) is 7.35. The molecule has 1 aliphatic carbocycles. The maximum atomic E-state index is 12.1. The highest BCUT2D eigenvalue weighted by molar-refractivity contribution is 6.30. The normalized spacial score (nSPS) is 13.5. The van der Waals surface area contributed by atoms with Crippen molar-refractivity contribution < 1.29 is 19.4 Å². The number of benzene rings is 1. The topological polar surface area (TPSA) is 78.9 Å². The predicted octanol–water partition coefficient (Wildman–Crippen LogP) is 2.23. The second-order valence-corrected chi connectivity index (χ2v) is 5.60. The number of amides is 1. The van der Waals surface area contributed by atoms with Crippen molar-refractivity contribution in [1.29, 1.82) is 0 Å². The number of hydrogen-bond donors (Lipinski definition) is 2. The van der Waals surface area contributed by atoms with Crippen LogP contribution in [0, 0.1) is 0 Å². The van der Waals surface area contributed by atoms with E-state index in [0.717, 1.165) is 12.8 Å². The van der Waals surface area contributed by atoms with Gasteiger partial charge >= 0.3 is 5.97 Å². The maximum absolute atomic E-state index is 12.1. The highest BCUT2D eigenvalue weighted by Gasteiger charge is 2.33. The number of rotatable bonds is 8. The number of carbonyl (C=O) groups is 2. The molecule has 6 nitrogen and oxygen atoms in total. The molecule has 0 saturated heterocycles. The Kier molecular flexibility index (Phi) is 5.49. The molecule has 0 aliphatic heterocycles. The van der Waals surface area contributed by atoms with E-state index in [-0.39, 0.29) is 24.9 Å². The van der Waals surface area contributed by atoms with Crippen molar-refractivity contribution in [2.45, 2.75) is 25.3 Å². The van der Waals surface area contributed by atoms with Gasteiger partial charge in [0.25, 0.3) is 0 Å². The van der Waals surface area contributed by atoms with E-state index in [9.17, 15) is 9.59 Å². The lowest BCUT2D eigenvalue weighted by Crippen LogP contribution is -2.38. The largest absolute Gasteiger partial charge is 0.495 e. The summed E-state index contributed by atoms with van der Waals surface area (Å²) in [4.78, 5) is 24.4. The van der Waals surface area contributed by atoms with Crippen LogP contribution in [0.3, 0.4) is 0 Å². The van der Waals surface area contributed by atoms with E-state index in [0.29, 0.717) is 23.0 Å². The summed E-state index contributed by atoms with van der Waals surface area (Å²) in [5.41, 5.74) is 0.707. The summed E-state index contributed by atoms with van der Waals surface area (Å²) in [6.45, 7) is 0.155. The maximum Gasteiger partial charge on any atom is 0.323 e. The Labute approximate surface area is 134 Å². The lowest BCUT2D eigenvalue weighted by atomic mass is 10.2. The molecule has 1 aromatic rings. The Bertz CT molecular complexity index is 560. The van der Waals surface area contributed by atoms with Gasteiger partial charge in [0.05, 0.1) is 12.8 Å². The van der Waals surface area contributed by atoms with Crippen LogP contribution in [-0.4, -0.2) is 48.1 Å². The van der Waals surface area contributed by atoms with E-state index in [1.165, 1.54) is 4.90 Å². The number of anilines is 1. The fourth-order valence-electron chi connectivity index (χ4n) is 2.22. The summed E-state index contributed by atoms with van der Waals surface area (Å²) >= 11 is 5.94. The average molecular weight is 327 g/mol. The zero-order chi connectivity index (χ0) is 16.1. The van der Waals surface area contributed by atoms with Crippen LogP contribution >= 0.6 is 11.6 Å². The molecular formula is C15H19ClN2O4. The fourth-order valence-corrected chi connectivity index (χ4v) is 2.39. The van der Waals surface area contributed by atoms with Crippen molar-refractivity contribution in [2.75, 3.05) is 25.5 Å². The number of methoxy groups -OCH3 is 1. The van der Waals surface area contributed by atoms with Crippen molar-refractivity contribution >= 4 is 29.2 Å². The molecule has 0 radical (unpaired) electrons. The average Bonchev–Trinajstić information content (AvgIpc) is 3.29. The molecule has 1 aromatic carbocycles. The van der Waals surface area contributed by atoms with Crippen LogP contribution in [0.5, 0.6) is 5.75 Å². The number of ether oxygens (including phenoxy) is 1. The van der Waals surface area contributed by atoms with E-state index in [1.807, 2.05) is 0 Å².